The summed E-state index contributed by atoms with van der Waals surface area (Å²) in [6, 6.07) is 12.7. The number of halogens is 1. The Morgan fingerprint density at radius 1 is 1.12 bits per heavy atom. The van der Waals surface area contributed by atoms with E-state index < -0.39 is 0 Å². The van der Waals surface area contributed by atoms with Crippen molar-refractivity contribution in [2.75, 3.05) is 0 Å². The third-order valence-corrected chi connectivity index (χ3v) is 4.14. The van der Waals surface area contributed by atoms with Crippen molar-refractivity contribution < 1.29 is 0 Å². The summed E-state index contributed by atoms with van der Waals surface area (Å²) in [5.41, 5.74) is 6.73. The van der Waals surface area contributed by atoms with E-state index in [1.807, 2.05) is 5.51 Å². The Hall–Kier alpha value is -1.19. The monoisotopic (exact) mass is 303 g/mol. The summed E-state index contributed by atoms with van der Waals surface area (Å²) in [6.45, 7) is 2.13. The van der Waals surface area contributed by atoms with Crippen molar-refractivity contribution in [1.29, 1.82) is 0 Å². The molecule has 1 heterocycles. The lowest BCUT2D eigenvalue weighted by molar-refractivity contribution is 1.43. The van der Waals surface area contributed by atoms with E-state index in [-0.39, 0.29) is 0 Å². The number of thiazole rings is 1. The largest absolute Gasteiger partial charge is 0.244 e. The topological polar surface area (TPSA) is 12.9 Å². The Kier molecular flexibility index (Phi) is 2.73. The number of aromatic nitrogens is 1. The van der Waals surface area contributed by atoms with Crippen LogP contribution in [0.4, 0.5) is 0 Å². The van der Waals surface area contributed by atoms with Crippen LogP contribution in [0, 0.1) is 6.92 Å². The minimum atomic E-state index is 1.10. The summed E-state index contributed by atoms with van der Waals surface area (Å²) in [5, 5.41) is 0. The fraction of sp³-hybridized carbons (Fsp3) is 0.0714. The number of benzene rings is 2. The molecule has 3 rings (SSSR count). The lowest BCUT2D eigenvalue weighted by Gasteiger charge is -2.07. The maximum Gasteiger partial charge on any atom is 0.0890 e. The molecule has 0 bridgehead atoms. The smallest absolute Gasteiger partial charge is 0.0890 e. The number of hydrogen-bond donors (Lipinski definition) is 0. The molecular weight excluding hydrogens is 294 g/mol. The van der Waals surface area contributed by atoms with Gasteiger partial charge >= 0.3 is 0 Å². The molecule has 0 spiro atoms. The van der Waals surface area contributed by atoms with Gasteiger partial charge in [0.25, 0.3) is 0 Å². The average molecular weight is 304 g/mol. The third kappa shape index (κ3) is 1.90. The first-order chi connectivity index (χ1) is 8.25. The Balaban J connectivity index is 2.34. The summed E-state index contributed by atoms with van der Waals surface area (Å²) < 4.78 is 2.34. The van der Waals surface area contributed by atoms with Crippen LogP contribution in [0.15, 0.2) is 46.4 Å². The SMILES string of the molecule is Cc1ccc(Br)cc1-c1cccc2scnc12. The van der Waals surface area contributed by atoms with Crippen LogP contribution in [0.1, 0.15) is 5.56 Å². The molecule has 0 unspecified atom stereocenters. The van der Waals surface area contributed by atoms with E-state index in [2.05, 4.69) is 64.2 Å². The molecule has 0 saturated carbocycles. The van der Waals surface area contributed by atoms with Crippen molar-refractivity contribution in [3.05, 3.63) is 51.9 Å². The van der Waals surface area contributed by atoms with Crippen molar-refractivity contribution in [1.82, 2.24) is 4.98 Å². The number of nitrogens with zero attached hydrogens (tertiary/aromatic N) is 1. The molecular formula is C14H10BrNS. The van der Waals surface area contributed by atoms with Gasteiger partial charge in [0.15, 0.2) is 0 Å². The second kappa shape index (κ2) is 4.24. The molecule has 3 aromatic rings. The van der Waals surface area contributed by atoms with Crippen molar-refractivity contribution in [2.45, 2.75) is 6.92 Å². The third-order valence-electron chi connectivity index (χ3n) is 2.85. The summed E-state index contributed by atoms with van der Waals surface area (Å²) in [6.07, 6.45) is 0. The van der Waals surface area contributed by atoms with E-state index in [0.29, 0.717) is 0 Å². The Labute approximate surface area is 112 Å². The lowest BCUT2D eigenvalue weighted by Crippen LogP contribution is -1.85. The predicted octanol–water partition coefficient (Wildman–Crippen LogP) is 5.03. The predicted molar refractivity (Wildman–Crippen MR) is 77.5 cm³/mol. The van der Waals surface area contributed by atoms with Crippen LogP contribution in [0.3, 0.4) is 0 Å². The minimum absolute atomic E-state index is 1.10. The van der Waals surface area contributed by atoms with Gasteiger partial charge in [0.05, 0.1) is 15.7 Å². The number of aryl methyl sites for hydroxylation is 1. The molecule has 0 aliphatic rings. The van der Waals surface area contributed by atoms with Crippen molar-refractivity contribution in [3.63, 3.8) is 0 Å². The van der Waals surface area contributed by atoms with Crippen LogP contribution in [0.5, 0.6) is 0 Å². The van der Waals surface area contributed by atoms with Gasteiger partial charge < -0.3 is 0 Å². The van der Waals surface area contributed by atoms with E-state index >= 15 is 0 Å². The fourth-order valence-electron chi connectivity index (χ4n) is 1.99. The summed E-state index contributed by atoms with van der Waals surface area (Å²) in [7, 11) is 0. The molecule has 1 aromatic heterocycles. The highest BCUT2D eigenvalue weighted by molar-refractivity contribution is 9.10. The molecule has 3 heteroatoms. The van der Waals surface area contributed by atoms with Gasteiger partial charge in [-0.15, -0.1) is 11.3 Å². The quantitative estimate of drug-likeness (QED) is 0.614. The standard InChI is InChI=1S/C14H10BrNS/c1-9-5-6-10(15)7-12(9)11-3-2-4-13-14(11)16-8-17-13/h2-8H,1H3. The Morgan fingerprint density at radius 2 is 2.00 bits per heavy atom. The Morgan fingerprint density at radius 3 is 2.88 bits per heavy atom. The molecule has 17 heavy (non-hydrogen) atoms. The van der Waals surface area contributed by atoms with Crippen LogP contribution in [0.25, 0.3) is 21.3 Å². The first kappa shape index (κ1) is 10.9. The maximum atomic E-state index is 4.47. The van der Waals surface area contributed by atoms with Gasteiger partial charge in [0.2, 0.25) is 0 Å². The van der Waals surface area contributed by atoms with Crippen LogP contribution in [-0.4, -0.2) is 4.98 Å². The maximum absolute atomic E-state index is 4.47. The second-order valence-electron chi connectivity index (χ2n) is 3.96. The second-order valence-corrected chi connectivity index (χ2v) is 5.77. The zero-order chi connectivity index (χ0) is 11.8. The van der Waals surface area contributed by atoms with Gasteiger partial charge in [-0.3, -0.25) is 0 Å². The van der Waals surface area contributed by atoms with E-state index in [1.165, 1.54) is 21.4 Å². The molecule has 0 amide bonds. The highest BCUT2D eigenvalue weighted by Crippen LogP contribution is 2.33. The van der Waals surface area contributed by atoms with Gasteiger partial charge in [0, 0.05) is 10.0 Å². The molecule has 2 aromatic carbocycles. The molecule has 0 fully saturated rings. The first-order valence-electron chi connectivity index (χ1n) is 5.34. The van der Waals surface area contributed by atoms with E-state index in [4.69, 9.17) is 0 Å². The van der Waals surface area contributed by atoms with Crippen LogP contribution in [-0.2, 0) is 0 Å². The molecule has 0 N–H and O–H groups in total. The Bertz CT molecular complexity index is 688. The summed E-state index contributed by atoms with van der Waals surface area (Å²) in [4.78, 5) is 4.47. The molecule has 0 aliphatic heterocycles. The van der Waals surface area contributed by atoms with Crippen molar-refractivity contribution in [3.8, 4) is 11.1 Å². The van der Waals surface area contributed by atoms with Gasteiger partial charge in [-0.2, -0.15) is 0 Å². The highest BCUT2D eigenvalue weighted by atomic mass is 79.9. The minimum Gasteiger partial charge on any atom is -0.244 e. The van der Waals surface area contributed by atoms with Gasteiger partial charge in [-0.1, -0.05) is 34.1 Å². The van der Waals surface area contributed by atoms with Crippen LogP contribution in [0.2, 0.25) is 0 Å². The molecule has 0 radical (unpaired) electrons. The zero-order valence-corrected chi connectivity index (χ0v) is 11.7. The van der Waals surface area contributed by atoms with Gasteiger partial charge in [0.1, 0.15) is 0 Å². The average Bonchev–Trinajstić information content (AvgIpc) is 2.80. The fourth-order valence-corrected chi connectivity index (χ4v) is 3.05. The molecule has 1 nitrogen and oxygen atoms in total. The first-order valence-corrected chi connectivity index (χ1v) is 7.02. The molecule has 0 saturated heterocycles. The zero-order valence-electron chi connectivity index (χ0n) is 9.27. The highest BCUT2D eigenvalue weighted by Gasteiger charge is 2.08. The van der Waals surface area contributed by atoms with Gasteiger partial charge in [-0.25, -0.2) is 4.98 Å². The number of para-hydroxylation sites is 1. The lowest BCUT2D eigenvalue weighted by atomic mass is 10.00. The number of rotatable bonds is 1. The van der Waals surface area contributed by atoms with E-state index in [0.717, 1.165) is 9.99 Å². The molecule has 0 atom stereocenters. The van der Waals surface area contributed by atoms with Crippen molar-refractivity contribution in [2.24, 2.45) is 0 Å². The number of fused-ring (bicyclic) bond motifs is 1. The van der Waals surface area contributed by atoms with Gasteiger partial charge in [-0.05, 0) is 36.2 Å². The normalized spacial score (nSPS) is 10.9. The molecule has 84 valence electrons. The summed E-state index contributed by atoms with van der Waals surface area (Å²) >= 11 is 5.21. The summed E-state index contributed by atoms with van der Waals surface area (Å²) in [5.74, 6) is 0. The van der Waals surface area contributed by atoms with Crippen LogP contribution < -0.4 is 0 Å². The molecule has 0 aliphatic carbocycles. The van der Waals surface area contributed by atoms with Crippen LogP contribution >= 0.6 is 27.3 Å². The van der Waals surface area contributed by atoms with E-state index in [9.17, 15) is 0 Å². The number of hydrogen-bond acceptors (Lipinski definition) is 2. The van der Waals surface area contributed by atoms with Crippen molar-refractivity contribution >= 4 is 37.5 Å². The van der Waals surface area contributed by atoms with E-state index in [1.54, 1.807) is 11.3 Å².